The van der Waals surface area contributed by atoms with Gasteiger partial charge in [-0.2, -0.15) is 0 Å². The van der Waals surface area contributed by atoms with Crippen LogP contribution >= 0.6 is 0 Å². The predicted octanol–water partition coefficient (Wildman–Crippen LogP) is 1.41. The van der Waals surface area contributed by atoms with Gasteiger partial charge < -0.3 is 5.32 Å². The maximum Gasteiger partial charge on any atom is 0.251 e. The number of carbonyl (C=O) groups is 1. The van der Waals surface area contributed by atoms with Crippen LogP contribution in [-0.4, -0.2) is 32.4 Å². The summed E-state index contributed by atoms with van der Waals surface area (Å²) >= 11 is 0. The van der Waals surface area contributed by atoms with Gasteiger partial charge in [-0.05, 0) is 43.2 Å². The summed E-state index contributed by atoms with van der Waals surface area (Å²) in [6.45, 7) is 3.91. The molecule has 1 aromatic heterocycles. The Balaban J connectivity index is 1.90. The number of pyridine rings is 1. The highest BCUT2D eigenvalue weighted by Gasteiger charge is 2.16. The van der Waals surface area contributed by atoms with Crippen LogP contribution in [0.2, 0.25) is 0 Å². The molecule has 1 heterocycles. The molecule has 6 nitrogen and oxygen atoms in total. The Labute approximate surface area is 136 Å². The van der Waals surface area contributed by atoms with Crippen LogP contribution in [0.25, 0.3) is 0 Å². The molecule has 0 bridgehead atoms. The van der Waals surface area contributed by atoms with E-state index in [4.69, 9.17) is 0 Å². The molecule has 0 radical (unpaired) electrons. The fourth-order valence-corrected chi connectivity index (χ4v) is 3.40. The highest BCUT2D eigenvalue weighted by molar-refractivity contribution is 7.89. The van der Waals surface area contributed by atoms with E-state index in [0.29, 0.717) is 11.1 Å². The number of amides is 1. The average Bonchev–Trinajstić information content (AvgIpc) is 2.54. The summed E-state index contributed by atoms with van der Waals surface area (Å²) < 4.78 is 27.1. The lowest BCUT2D eigenvalue weighted by molar-refractivity contribution is 0.0954. The summed E-state index contributed by atoms with van der Waals surface area (Å²) in [5.41, 5.74) is 2.04. The van der Waals surface area contributed by atoms with Gasteiger partial charge in [-0.25, -0.2) is 13.1 Å². The molecule has 2 N–H and O–H groups in total. The van der Waals surface area contributed by atoms with Gasteiger partial charge in [-0.1, -0.05) is 12.1 Å². The number of aryl methyl sites for hydroxylation is 2. The molecule has 0 aliphatic rings. The van der Waals surface area contributed by atoms with Crippen molar-refractivity contribution in [2.45, 2.75) is 18.7 Å². The van der Waals surface area contributed by atoms with Crippen molar-refractivity contribution in [1.29, 1.82) is 0 Å². The van der Waals surface area contributed by atoms with E-state index < -0.39 is 10.0 Å². The SMILES string of the molecule is Cc1ccc(C)c(S(=O)(=O)NCCNC(=O)c2ccncc2)c1. The molecule has 122 valence electrons. The standard InChI is InChI=1S/C16H19N3O3S/c1-12-3-4-13(2)15(11-12)23(21,22)19-10-9-18-16(20)14-5-7-17-8-6-14/h3-8,11,19H,9-10H2,1-2H3,(H,18,20). The summed E-state index contributed by atoms with van der Waals surface area (Å²) in [6, 6.07) is 8.46. The van der Waals surface area contributed by atoms with Crippen molar-refractivity contribution in [2.75, 3.05) is 13.1 Å². The van der Waals surface area contributed by atoms with Crippen LogP contribution in [0.1, 0.15) is 21.5 Å². The Bertz CT molecular complexity index is 789. The smallest absolute Gasteiger partial charge is 0.251 e. The second-order valence-electron chi connectivity index (χ2n) is 5.16. The molecule has 7 heteroatoms. The molecule has 1 aromatic carbocycles. The van der Waals surface area contributed by atoms with Crippen LogP contribution in [0.5, 0.6) is 0 Å². The zero-order valence-corrected chi connectivity index (χ0v) is 13.9. The molecule has 0 aliphatic carbocycles. The second-order valence-corrected chi connectivity index (χ2v) is 6.89. The van der Waals surface area contributed by atoms with Gasteiger partial charge in [0.1, 0.15) is 0 Å². The number of sulfonamides is 1. The number of carbonyl (C=O) groups excluding carboxylic acids is 1. The zero-order valence-electron chi connectivity index (χ0n) is 13.0. The number of nitrogens with one attached hydrogen (secondary N) is 2. The summed E-state index contributed by atoms with van der Waals surface area (Å²) in [5, 5.41) is 2.66. The van der Waals surface area contributed by atoms with Crippen molar-refractivity contribution in [3.63, 3.8) is 0 Å². The largest absolute Gasteiger partial charge is 0.351 e. The molecule has 1 amide bonds. The number of hydrogen-bond acceptors (Lipinski definition) is 4. The summed E-state index contributed by atoms with van der Waals surface area (Å²) in [4.78, 5) is 15.9. The van der Waals surface area contributed by atoms with Crippen LogP contribution in [0, 0.1) is 13.8 Å². The quantitative estimate of drug-likeness (QED) is 0.782. The molecule has 0 unspecified atom stereocenters. The first kappa shape index (κ1) is 17.1. The minimum atomic E-state index is -3.59. The number of rotatable bonds is 6. The van der Waals surface area contributed by atoms with E-state index in [1.54, 1.807) is 31.2 Å². The minimum Gasteiger partial charge on any atom is -0.351 e. The molecule has 0 fully saturated rings. The van der Waals surface area contributed by atoms with Crippen LogP contribution in [-0.2, 0) is 10.0 Å². The fraction of sp³-hybridized carbons (Fsp3) is 0.250. The van der Waals surface area contributed by atoms with Gasteiger partial charge in [0.2, 0.25) is 10.0 Å². The van der Waals surface area contributed by atoms with Crippen LogP contribution in [0.4, 0.5) is 0 Å². The van der Waals surface area contributed by atoms with Crippen molar-refractivity contribution >= 4 is 15.9 Å². The van der Waals surface area contributed by atoms with Crippen LogP contribution in [0.15, 0.2) is 47.6 Å². The maximum absolute atomic E-state index is 12.3. The van der Waals surface area contributed by atoms with E-state index in [9.17, 15) is 13.2 Å². The molecule has 0 saturated carbocycles. The Morgan fingerprint density at radius 3 is 2.48 bits per heavy atom. The number of hydrogen-bond donors (Lipinski definition) is 2. The van der Waals surface area contributed by atoms with Gasteiger partial charge in [-0.15, -0.1) is 0 Å². The molecule has 0 saturated heterocycles. The van der Waals surface area contributed by atoms with Gasteiger partial charge in [0.05, 0.1) is 4.90 Å². The number of nitrogens with zero attached hydrogens (tertiary/aromatic N) is 1. The molecule has 0 spiro atoms. The van der Waals surface area contributed by atoms with E-state index in [2.05, 4.69) is 15.0 Å². The Morgan fingerprint density at radius 2 is 1.78 bits per heavy atom. The number of benzene rings is 1. The third-order valence-corrected chi connectivity index (χ3v) is 4.88. The molecular formula is C16H19N3O3S. The van der Waals surface area contributed by atoms with Crippen molar-refractivity contribution < 1.29 is 13.2 Å². The molecular weight excluding hydrogens is 314 g/mol. The normalized spacial score (nSPS) is 11.2. The van der Waals surface area contributed by atoms with Crippen LogP contribution < -0.4 is 10.0 Å². The van der Waals surface area contributed by atoms with E-state index >= 15 is 0 Å². The summed E-state index contributed by atoms with van der Waals surface area (Å²) in [7, 11) is -3.59. The monoisotopic (exact) mass is 333 g/mol. The lowest BCUT2D eigenvalue weighted by atomic mass is 10.2. The lowest BCUT2D eigenvalue weighted by Crippen LogP contribution is -2.35. The topological polar surface area (TPSA) is 88.2 Å². The maximum atomic E-state index is 12.3. The van der Waals surface area contributed by atoms with Crippen LogP contribution in [0.3, 0.4) is 0 Å². The summed E-state index contributed by atoms with van der Waals surface area (Å²) in [5.74, 6) is -0.265. The van der Waals surface area contributed by atoms with E-state index in [-0.39, 0.29) is 23.9 Å². The molecule has 2 aromatic rings. The minimum absolute atomic E-state index is 0.118. The van der Waals surface area contributed by atoms with Crippen molar-refractivity contribution in [3.8, 4) is 0 Å². The Kier molecular flexibility index (Phi) is 5.46. The van der Waals surface area contributed by atoms with Crippen molar-refractivity contribution in [1.82, 2.24) is 15.0 Å². The predicted molar refractivity (Wildman–Crippen MR) is 87.7 cm³/mol. The van der Waals surface area contributed by atoms with Crippen molar-refractivity contribution in [3.05, 3.63) is 59.4 Å². The number of aromatic nitrogens is 1. The highest BCUT2D eigenvalue weighted by atomic mass is 32.2. The van der Waals surface area contributed by atoms with Gasteiger partial charge in [-0.3, -0.25) is 9.78 Å². The third-order valence-electron chi connectivity index (χ3n) is 3.28. The van der Waals surface area contributed by atoms with Gasteiger partial charge in [0.25, 0.3) is 5.91 Å². The van der Waals surface area contributed by atoms with Gasteiger partial charge in [0, 0.05) is 31.0 Å². The first-order valence-electron chi connectivity index (χ1n) is 7.15. The molecule has 2 rings (SSSR count). The van der Waals surface area contributed by atoms with Gasteiger partial charge >= 0.3 is 0 Å². The molecule has 0 atom stereocenters. The van der Waals surface area contributed by atoms with Gasteiger partial charge in [0.15, 0.2) is 0 Å². The summed E-state index contributed by atoms with van der Waals surface area (Å²) in [6.07, 6.45) is 3.05. The van der Waals surface area contributed by atoms with E-state index in [0.717, 1.165) is 5.56 Å². The van der Waals surface area contributed by atoms with E-state index in [1.807, 2.05) is 13.0 Å². The first-order chi connectivity index (χ1) is 10.9. The Hall–Kier alpha value is -2.25. The first-order valence-corrected chi connectivity index (χ1v) is 8.63. The average molecular weight is 333 g/mol. The molecule has 0 aliphatic heterocycles. The fourth-order valence-electron chi connectivity index (χ4n) is 2.04. The van der Waals surface area contributed by atoms with Crippen molar-refractivity contribution in [2.24, 2.45) is 0 Å². The highest BCUT2D eigenvalue weighted by Crippen LogP contribution is 2.16. The second kappa shape index (κ2) is 7.34. The third kappa shape index (κ3) is 4.61. The zero-order chi connectivity index (χ0) is 16.9. The molecule has 23 heavy (non-hydrogen) atoms. The lowest BCUT2D eigenvalue weighted by Gasteiger charge is -2.10. The Morgan fingerprint density at radius 1 is 1.09 bits per heavy atom. The van der Waals surface area contributed by atoms with E-state index in [1.165, 1.54) is 12.4 Å².